The molecule has 3 heteroatoms. The molecule has 0 spiro atoms. The lowest BCUT2D eigenvalue weighted by molar-refractivity contribution is 0.0940. The molecule has 0 aromatic carbocycles. The van der Waals surface area contributed by atoms with Gasteiger partial charge in [-0.05, 0) is 25.5 Å². The standard InChI is InChI=1S/C9H10N2O/c1-9(2)7-3-4-10-5-6(7)8(12)11-9/h3-5H,1-2H3,(H,11,12). The molecule has 3 nitrogen and oxygen atoms in total. The van der Waals surface area contributed by atoms with Crippen molar-refractivity contribution in [1.82, 2.24) is 10.3 Å². The van der Waals surface area contributed by atoms with E-state index >= 15 is 0 Å². The van der Waals surface area contributed by atoms with Gasteiger partial charge in [0.1, 0.15) is 0 Å². The smallest absolute Gasteiger partial charge is 0.253 e. The molecular weight excluding hydrogens is 152 g/mol. The van der Waals surface area contributed by atoms with Crippen molar-refractivity contribution in [2.24, 2.45) is 0 Å². The Morgan fingerprint density at radius 3 is 2.92 bits per heavy atom. The van der Waals surface area contributed by atoms with Crippen molar-refractivity contribution in [1.29, 1.82) is 0 Å². The second kappa shape index (κ2) is 2.06. The topological polar surface area (TPSA) is 42.0 Å². The summed E-state index contributed by atoms with van der Waals surface area (Å²) in [7, 11) is 0. The van der Waals surface area contributed by atoms with Crippen LogP contribution in [0.4, 0.5) is 0 Å². The minimum Gasteiger partial charge on any atom is -0.343 e. The zero-order valence-corrected chi connectivity index (χ0v) is 7.09. The quantitative estimate of drug-likeness (QED) is 0.619. The van der Waals surface area contributed by atoms with Crippen LogP contribution >= 0.6 is 0 Å². The fourth-order valence-corrected chi connectivity index (χ4v) is 1.54. The number of carbonyl (C=O) groups excluding carboxylic acids is 1. The molecule has 1 aliphatic heterocycles. The van der Waals surface area contributed by atoms with Gasteiger partial charge in [-0.25, -0.2) is 0 Å². The average molecular weight is 162 g/mol. The molecular formula is C9H10N2O. The minimum absolute atomic E-state index is 0.0249. The van der Waals surface area contributed by atoms with Gasteiger partial charge in [-0.2, -0.15) is 0 Å². The van der Waals surface area contributed by atoms with Gasteiger partial charge in [0.15, 0.2) is 0 Å². The summed E-state index contributed by atoms with van der Waals surface area (Å²) in [5.74, 6) is -0.0249. The Bertz CT molecular complexity index is 344. The predicted molar refractivity (Wildman–Crippen MR) is 44.7 cm³/mol. The summed E-state index contributed by atoms with van der Waals surface area (Å²) in [4.78, 5) is 15.2. The fraction of sp³-hybridized carbons (Fsp3) is 0.333. The molecule has 2 rings (SSSR count). The SMILES string of the molecule is CC1(C)NC(=O)c2cnccc21. The third kappa shape index (κ3) is 0.826. The molecule has 1 aromatic heterocycles. The van der Waals surface area contributed by atoms with Crippen LogP contribution in [-0.2, 0) is 5.54 Å². The van der Waals surface area contributed by atoms with E-state index in [1.165, 1.54) is 0 Å². The molecule has 0 radical (unpaired) electrons. The molecule has 1 amide bonds. The van der Waals surface area contributed by atoms with Crippen molar-refractivity contribution in [3.8, 4) is 0 Å². The average Bonchev–Trinajstić information content (AvgIpc) is 2.25. The van der Waals surface area contributed by atoms with Crippen molar-refractivity contribution in [3.63, 3.8) is 0 Å². The molecule has 0 atom stereocenters. The van der Waals surface area contributed by atoms with Crippen molar-refractivity contribution < 1.29 is 4.79 Å². The molecule has 12 heavy (non-hydrogen) atoms. The minimum atomic E-state index is -0.241. The summed E-state index contributed by atoms with van der Waals surface area (Å²) in [5.41, 5.74) is 1.49. The number of aromatic nitrogens is 1. The van der Waals surface area contributed by atoms with Gasteiger partial charge in [-0.3, -0.25) is 9.78 Å². The van der Waals surface area contributed by atoms with E-state index < -0.39 is 0 Å². The fourth-order valence-electron chi connectivity index (χ4n) is 1.54. The number of rotatable bonds is 0. The van der Waals surface area contributed by atoms with Gasteiger partial charge in [0.05, 0.1) is 11.1 Å². The summed E-state index contributed by atoms with van der Waals surface area (Å²) < 4.78 is 0. The van der Waals surface area contributed by atoms with Crippen LogP contribution in [0.1, 0.15) is 29.8 Å². The molecule has 62 valence electrons. The molecule has 0 fully saturated rings. The van der Waals surface area contributed by atoms with E-state index in [1.807, 2.05) is 19.9 Å². The van der Waals surface area contributed by atoms with Crippen LogP contribution < -0.4 is 5.32 Å². The van der Waals surface area contributed by atoms with Gasteiger partial charge < -0.3 is 5.32 Å². The highest BCUT2D eigenvalue weighted by molar-refractivity contribution is 5.99. The summed E-state index contributed by atoms with van der Waals surface area (Å²) in [6.07, 6.45) is 3.32. The van der Waals surface area contributed by atoms with Crippen molar-refractivity contribution in [2.75, 3.05) is 0 Å². The maximum atomic E-state index is 11.3. The number of hydrogen-bond donors (Lipinski definition) is 1. The van der Waals surface area contributed by atoms with Crippen molar-refractivity contribution in [3.05, 3.63) is 29.6 Å². The number of hydrogen-bond acceptors (Lipinski definition) is 2. The number of nitrogens with one attached hydrogen (secondary N) is 1. The lowest BCUT2D eigenvalue weighted by atomic mass is 9.96. The van der Waals surface area contributed by atoms with Gasteiger partial charge in [0, 0.05) is 12.4 Å². The molecule has 0 aliphatic carbocycles. The van der Waals surface area contributed by atoms with Crippen LogP contribution in [0.15, 0.2) is 18.5 Å². The number of nitrogens with zero attached hydrogens (tertiary/aromatic N) is 1. The Labute approximate surface area is 70.8 Å². The highest BCUT2D eigenvalue weighted by Gasteiger charge is 2.34. The Kier molecular flexibility index (Phi) is 1.25. The molecule has 1 N–H and O–H groups in total. The lowest BCUT2D eigenvalue weighted by Gasteiger charge is -2.18. The number of pyridine rings is 1. The zero-order chi connectivity index (χ0) is 8.77. The molecule has 1 aliphatic rings. The normalized spacial score (nSPS) is 18.7. The third-order valence-electron chi connectivity index (χ3n) is 2.17. The van der Waals surface area contributed by atoms with Gasteiger partial charge >= 0.3 is 0 Å². The first-order valence-corrected chi connectivity index (χ1v) is 3.88. The number of carbonyl (C=O) groups is 1. The van der Waals surface area contributed by atoms with E-state index in [2.05, 4.69) is 10.3 Å². The Hall–Kier alpha value is -1.38. The maximum absolute atomic E-state index is 11.3. The van der Waals surface area contributed by atoms with Crippen LogP contribution in [0.25, 0.3) is 0 Å². The van der Waals surface area contributed by atoms with Crippen molar-refractivity contribution >= 4 is 5.91 Å². The Morgan fingerprint density at radius 1 is 1.50 bits per heavy atom. The second-order valence-electron chi connectivity index (χ2n) is 3.50. The molecule has 0 saturated carbocycles. The second-order valence-corrected chi connectivity index (χ2v) is 3.50. The van der Waals surface area contributed by atoms with Crippen LogP contribution in [0, 0.1) is 0 Å². The summed E-state index contributed by atoms with van der Waals surface area (Å²) in [6, 6.07) is 1.88. The van der Waals surface area contributed by atoms with E-state index in [0.717, 1.165) is 5.56 Å². The van der Waals surface area contributed by atoms with Crippen LogP contribution in [-0.4, -0.2) is 10.9 Å². The van der Waals surface area contributed by atoms with Crippen LogP contribution in [0.5, 0.6) is 0 Å². The first-order valence-electron chi connectivity index (χ1n) is 3.88. The Morgan fingerprint density at radius 2 is 2.25 bits per heavy atom. The van der Waals surface area contributed by atoms with E-state index in [4.69, 9.17) is 0 Å². The Balaban J connectivity index is 2.66. The van der Waals surface area contributed by atoms with Gasteiger partial charge in [-0.1, -0.05) is 0 Å². The van der Waals surface area contributed by atoms with Crippen molar-refractivity contribution in [2.45, 2.75) is 19.4 Å². The number of fused-ring (bicyclic) bond motifs is 1. The molecule has 0 unspecified atom stereocenters. The summed E-state index contributed by atoms with van der Waals surface area (Å²) in [5, 5.41) is 2.88. The zero-order valence-electron chi connectivity index (χ0n) is 7.09. The third-order valence-corrected chi connectivity index (χ3v) is 2.17. The largest absolute Gasteiger partial charge is 0.343 e. The molecule has 2 heterocycles. The van der Waals surface area contributed by atoms with E-state index in [0.29, 0.717) is 5.56 Å². The highest BCUT2D eigenvalue weighted by Crippen LogP contribution is 2.28. The molecule has 0 saturated heterocycles. The van der Waals surface area contributed by atoms with E-state index in [9.17, 15) is 4.79 Å². The first-order chi connectivity index (χ1) is 5.61. The monoisotopic (exact) mass is 162 g/mol. The molecule has 0 bridgehead atoms. The van der Waals surface area contributed by atoms with Crippen LogP contribution in [0.3, 0.4) is 0 Å². The van der Waals surface area contributed by atoms with Gasteiger partial charge in [-0.15, -0.1) is 0 Å². The first kappa shape index (κ1) is 7.28. The molecule has 1 aromatic rings. The summed E-state index contributed by atoms with van der Waals surface area (Å²) >= 11 is 0. The lowest BCUT2D eigenvalue weighted by Crippen LogP contribution is -2.32. The predicted octanol–water partition coefficient (Wildman–Crippen LogP) is 1.06. The van der Waals surface area contributed by atoms with Gasteiger partial charge in [0.2, 0.25) is 0 Å². The summed E-state index contributed by atoms with van der Waals surface area (Å²) in [6.45, 7) is 3.97. The van der Waals surface area contributed by atoms with E-state index in [-0.39, 0.29) is 11.4 Å². The maximum Gasteiger partial charge on any atom is 0.253 e. The number of amides is 1. The van der Waals surface area contributed by atoms with Crippen LogP contribution in [0.2, 0.25) is 0 Å². The van der Waals surface area contributed by atoms with Gasteiger partial charge in [0.25, 0.3) is 5.91 Å². The van der Waals surface area contributed by atoms with E-state index in [1.54, 1.807) is 12.4 Å². The highest BCUT2D eigenvalue weighted by atomic mass is 16.2.